The van der Waals surface area contributed by atoms with Crippen LogP contribution in [0.15, 0.2) is 36.5 Å². The molecule has 6 heteroatoms. The second-order valence-electron chi connectivity index (χ2n) is 6.89. The highest BCUT2D eigenvalue weighted by Gasteiger charge is 2.23. The Balaban J connectivity index is 1.39. The van der Waals surface area contributed by atoms with Gasteiger partial charge in [0, 0.05) is 36.2 Å². The summed E-state index contributed by atoms with van der Waals surface area (Å²) in [6.45, 7) is 4.92. The number of anilines is 2. The molecule has 1 fully saturated rings. The number of nitrogens with one attached hydrogen (secondary N) is 1. The zero-order chi connectivity index (χ0) is 17.5. The van der Waals surface area contributed by atoms with E-state index in [9.17, 15) is 4.39 Å². The molecule has 0 atom stereocenters. The minimum Gasteiger partial charge on any atom is -0.378 e. The normalized spacial score (nSPS) is 17.6. The SMILES string of the molecule is Fc1cccc2[nH]c3c(c12)CCN(c1ccc(N2CCOCC2)nc1)C3. The molecule has 0 saturated carbocycles. The monoisotopic (exact) mass is 352 g/mol. The van der Waals surface area contributed by atoms with Gasteiger partial charge in [0.15, 0.2) is 0 Å². The van der Waals surface area contributed by atoms with E-state index in [0.717, 1.165) is 79.5 Å². The fraction of sp³-hybridized carbons (Fsp3) is 0.350. The smallest absolute Gasteiger partial charge is 0.132 e. The zero-order valence-corrected chi connectivity index (χ0v) is 14.5. The lowest BCUT2D eigenvalue weighted by Gasteiger charge is -2.30. The summed E-state index contributed by atoms with van der Waals surface area (Å²) in [7, 11) is 0. The molecule has 0 spiro atoms. The van der Waals surface area contributed by atoms with Crippen LogP contribution in [-0.2, 0) is 17.7 Å². The Bertz CT molecular complexity index is 931. The number of rotatable bonds is 2. The van der Waals surface area contributed by atoms with Crippen LogP contribution in [0.2, 0.25) is 0 Å². The molecule has 134 valence electrons. The van der Waals surface area contributed by atoms with E-state index in [0.29, 0.717) is 0 Å². The van der Waals surface area contributed by atoms with E-state index < -0.39 is 0 Å². The van der Waals surface area contributed by atoms with Gasteiger partial charge in [-0.2, -0.15) is 0 Å². The van der Waals surface area contributed by atoms with E-state index >= 15 is 0 Å². The number of aromatic nitrogens is 2. The molecule has 26 heavy (non-hydrogen) atoms. The van der Waals surface area contributed by atoms with Crippen molar-refractivity contribution in [3.63, 3.8) is 0 Å². The van der Waals surface area contributed by atoms with Gasteiger partial charge in [0.25, 0.3) is 0 Å². The summed E-state index contributed by atoms with van der Waals surface area (Å²) < 4.78 is 19.6. The number of morpholine rings is 1. The van der Waals surface area contributed by atoms with Gasteiger partial charge in [-0.25, -0.2) is 9.37 Å². The van der Waals surface area contributed by atoms with Crippen LogP contribution < -0.4 is 9.80 Å². The summed E-state index contributed by atoms with van der Waals surface area (Å²) in [6, 6.07) is 9.45. The van der Waals surface area contributed by atoms with Crippen molar-refractivity contribution in [2.75, 3.05) is 42.6 Å². The molecular weight excluding hydrogens is 331 g/mol. The van der Waals surface area contributed by atoms with Gasteiger partial charge in [0.1, 0.15) is 11.6 Å². The van der Waals surface area contributed by atoms with Gasteiger partial charge in [-0.15, -0.1) is 0 Å². The number of aromatic amines is 1. The highest BCUT2D eigenvalue weighted by Crippen LogP contribution is 2.31. The van der Waals surface area contributed by atoms with Gasteiger partial charge < -0.3 is 19.5 Å². The first-order valence-corrected chi connectivity index (χ1v) is 9.11. The Labute approximate surface area is 151 Å². The lowest BCUT2D eigenvalue weighted by molar-refractivity contribution is 0.122. The lowest BCUT2D eigenvalue weighted by Crippen LogP contribution is -2.36. The predicted octanol–water partition coefficient (Wildman–Crippen LogP) is 3.10. The number of pyridine rings is 1. The number of H-pyrrole nitrogens is 1. The maximum absolute atomic E-state index is 14.2. The highest BCUT2D eigenvalue weighted by atomic mass is 19.1. The number of halogens is 1. The molecule has 4 heterocycles. The molecule has 1 aromatic carbocycles. The first-order chi connectivity index (χ1) is 12.8. The van der Waals surface area contributed by atoms with E-state index in [4.69, 9.17) is 4.74 Å². The molecule has 5 rings (SSSR count). The molecule has 0 radical (unpaired) electrons. The third-order valence-electron chi connectivity index (χ3n) is 5.38. The standard InChI is InChI=1S/C20H21FN4O/c21-16-2-1-3-17-20(16)15-6-7-25(13-18(15)23-17)14-4-5-19(22-12-14)24-8-10-26-11-9-24/h1-5,12,23H,6-11,13H2. The van der Waals surface area contributed by atoms with Crippen molar-refractivity contribution in [2.24, 2.45) is 0 Å². The molecule has 0 unspecified atom stereocenters. The lowest BCUT2D eigenvalue weighted by atomic mass is 10.0. The van der Waals surface area contributed by atoms with Crippen molar-refractivity contribution in [2.45, 2.75) is 13.0 Å². The number of nitrogens with zero attached hydrogens (tertiary/aromatic N) is 3. The average molecular weight is 352 g/mol. The number of ether oxygens (including phenoxy) is 1. The molecule has 1 saturated heterocycles. The molecular formula is C20H21FN4O. The summed E-state index contributed by atoms with van der Waals surface area (Å²) in [6.07, 6.45) is 2.78. The molecule has 0 bridgehead atoms. The first kappa shape index (κ1) is 15.6. The van der Waals surface area contributed by atoms with Gasteiger partial charge in [-0.05, 0) is 36.2 Å². The van der Waals surface area contributed by atoms with Crippen LogP contribution in [0.3, 0.4) is 0 Å². The molecule has 0 amide bonds. The van der Waals surface area contributed by atoms with Gasteiger partial charge >= 0.3 is 0 Å². The summed E-state index contributed by atoms with van der Waals surface area (Å²) in [5.74, 6) is 0.868. The minimum absolute atomic E-state index is 0.134. The summed E-state index contributed by atoms with van der Waals surface area (Å²) in [5.41, 5.74) is 4.21. The number of hydrogen-bond donors (Lipinski definition) is 1. The quantitative estimate of drug-likeness (QED) is 0.770. The van der Waals surface area contributed by atoms with E-state index in [1.807, 2.05) is 12.3 Å². The third-order valence-corrected chi connectivity index (χ3v) is 5.38. The van der Waals surface area contributed by atoms with Crippen LogP contribution in [0.1, 0.15) is 11.3 Å². The fourth-order valence-corrected chi connectivity index (χ4v) is 4.02. The van der Waals surface area contributed by atoms with Gasteiger partial charge in [-0.1, -0.05) is 6.07 Å². The molecule has 2 aromatic heterocycles. The molecule has 1 N–H and O–H groups in total. The molecule has 0 aliphatic carbocycles. The Morgan fingerprint density at radius 1 is 1.04 bits per heavy atom. The Morgan fingerprint density at radius 2 is 1.92 bits per heavy atom. The van der Waals surface area contributed by atoms with Crippen molar-refractivity contribution >= 4 is 22.4 Å². The largest absolute Gasteiger partial charge is 0.378 e. The second kappa shape index (κ2) is 6.29. The van der Waals surface area contributed by atoms with E-state index in [2.05, 4.69) is 31.9 Å². The zero-order valence-electron chi connectivity index (χ0n) is 14.5. The van der Waals surface area contributed by atoms with Gasteiger partial charge in [-0.3, -0.25) is 0 Å². The molecule has 3 aromatic rings. The van der Waals surface area contributed by atoms with Crippen LogP contribution in [0.4, 0.5) is 15.9 Å². The Kier molecular flexibility index (Phi) is 3.78. The van der Waals surface area contributed by atoms with Crippen molar-refractivity contribution in [3.8, 4) is 0 Å². The van der Waals surface area contributed by atoms with E-state index in [1.54, 1.807) is 6.07 Å². The number of hydrogen-bond acceptors (Lipinski definition) is 4. The predicted molar refractivity (Wildman–Crippen MR) is 100 cm³/mol. The maximum atomic E-state index is 14.2. The van der Waals surface area contributed by atoms with Gasteiger partial charge in [0.2, 0.25) is 0 Å². The Morgan fingerprint density at radius 3 is 2.73 bits per heavy atom. The third kappa shape index (κ3) is 2.61. The topological polar surface area (TPSA) is 44.4 Å². The van der Waals surface area contributed by atoms with E-state index in [-0.39, 0.29) is 5.82 Å². The second-order valence-corrected chi connectivity index (χ2v) is 6.89. The Hall–Kier alpha value is -2.60. The fourth-order valence-electron chi connectivity index (χ4n) is 4.02. The summed E-state index contributed by atoms with van der Waals surface area (Å²) >= 11 is 0. The first-order valence-electron chi connectivity index (χ1n) is 9.11. The molecule has 5 nitrogen and oxygen atoms in total. The number of benzene rings is 1. The van der Waals surface area contributed by atoms with E-state index in [1.165, 1.54) is 6.07 Å². The van der Waals surface area contributed by atoms with Crippen molar-refractivity contribution in [1.29, 1.82) is 0 Å². The van der Waals surface area contributed by atoms with Crippen LogP contribution in [0.25, 0.3) is 10.9 Å². The highest BCUT2D eigenvalue weighted by molar-refractivity contribution is 5.85. The van der Waals surface area contributed by atoms with Crippen molar-refractivity contribution < 1.29 is 9.13 Å². The average Bonchev–Trinajstić information content (AvgIpc) is 3.08. The maximum Gasteiger partial charge on any atom is 0.132 e. The van der Waals surface area contributed by atoms with Crippen LogP contribution >= 0.6 is 0 Å². The van der Waals surface area contributed by atoms with Crippen molar-refractivity contribution in [1.82, 2.24) is 9.97 Å². The minimum atomic E-state index is -0.134. The van der Waals surface area contributed by atoms with Crippen molar-refractivity contribution in [3.05, 3.63) is 53.6 Å². The number of fused-ring (bicyclic) bond motifs is 3. The van der Waals surface area contributed by atoms with Crippen LogP contribution in [0, 0.1) is 5.82 Å². The van der Waals surface area contributed by atoms with Gasteiger partial charge in [0.05, 0.1) is 31.6 Å². The summed E-state index contributed by atoms with van der Waals surface area (Å²) in [5, 5.41) is 0.753. The molecule has 2 aliphatic rings. The molecule has 2 aliphatic heterocycles. The van der Waals surface area contributed by atoms with Crippen LogP contribution in [-0.4, -0.2) is 42.8 Å². The summed E-state index contributed by atoms with van der Waals surface area (Å²) in [4.78, 5) is 12.6. The van der Waals surface area contributed by atoms with Crippen LogP contribution in [0.5, 0.6) is 0 Å².